The Morgan fingerprint density at radius 1 is 1.41 bits per heavy atom. The van der Waals surface area contributed by atoms with E-state index in [1.54, 1.807) is 6.07 Å². The Kier molecular flexibility index (Phi) is 7.09. The highest BCUT2D eigenvalue weighted by molar-refractivity contribution is 6.67. The third-order valence-electron chi connectivity index (χ3n) is 4.33. The topological polar surface area (TPSA) is 165 Å². The molecule has 0 spiro atoms. The van der Waals surface area contributed by atoms with Gasteiger partial charge in [0.1, 0.15) is 5.75 Å². The molecule has 0 heterocycles. The zero-order chi connectivity index (χ0) is 21.8. The summed E-state index contributed by atoms with van der Waals surface area (Å²) in [5, 5.41) is 10.9. The minimum Gasteiger partial charge on any atom is -0.495 e. The number of anilines is 1. The first-order chi connectivity index (χ1) is 13.5. The molecule has 1 aromatic rings. The summed E-state index contributed by atoms with van der Waals surface area (Å²) in [5.74, 6) is -4.54. The maximum atomic E-state index is 13.8. The van der Waals surface area contributed by atoms with Crippen LogP contribution in [0.25, 0.3) is 0 Å². The summed E-state index contributed by atoms with van der Waals surface area (Å²) in [7, 11) is 1.42. The first kappa shape index (κ1) is 22.5. The minimum absolute atomic E-state index is 0.235. The Bertz CT molecular complexity index is 860. The van der Waals surface area contributed by atoms with Crippen molar-refractivity contribution < 1.29 is 18.3 Å². The molecule has 8 N–H and O–H groups in total. The number of alkyl halides is 2. The zero-order valence-electron chi connectivity index (χ0n) is 15.6. The Morgan fingerprint density at radius 3 is 2.72 bits per heavy atom. The number of nitrogens with two attached hydrogens (primary N) is 3. The Hall–Kier alpha value is -2.79. The Morgan fingerprint density at radius 2 is 2.10 bits per heavy atom. The van der Waals surface area contributed by atoms with E-state index in [0.717, 1.165) is 0 Å². The SMILES string of the molecule is COc1cc(N/C(=N/C(N)=N[C@@H]2CCCC(F)(F)[C@@H]2N)C(=N)C(N)=O)ccc1Cl. The van der Waals surface area contributed by atoms with Gasteiger partial charge in [-0.05, 0) is 25.0 Å². The molecule has 0 saturated heterocycles. The number of hydrogen-bond donors (Lipinski definition) is 5. The van der Waals surface area contributed by atoms with Crippen LogP contribution in [0.4, 0.5) is 14.5 Å². The van der Waals surface area contributed by atoms with Gasteiger partial charge in [-0.15, -0.1) is 0 Å². The molecular formula is C17H22ClF2N7O2. The van der Waals surface area contributed by atoms with Crippen LogP contribution in [0.5, 0.6) is 5.75 Å². The molecule has 158 valence electrons. The smallest absolute Gasteiger partial charge is 0.270 e. The van der Waals surface area contributed by atoms with Crippen LogP contribution >= 0.6 is 11.6 Å². The van der Waals surface area contributed by atoms with Crippen LogP contribution in [0.1, 0.15) is 19.3 Å². The van der Waals surface area contributed by atoms with Crippen molar-refractivity contribution in [1.82, 2.24) is 0 Å². The molecule has 1 fully saturated rings. The molecule has 12 heteroatoms. The number of carbonyl (C=O) groups is 1. The van der Waals surface area contributed by atoms with Gasteiger partial charge in [-0.25, -0.2) is 13.8 Å². The number of aliphatic imine (C=N–C) groups is 2. The number of carbonyl (C=O) groups excluding carboxylic acids is 1. The summed E-state index contributed by atoms with van der Waals surface area (Å²) in [4.78, 5) is 19.3. The normalized spacial score (nSPS) is 22.1. The van der Waals surface area contributed by atoms with E-state index >= 15 is 0 Å². The number of primary amides is 1. The third-order valence-corrected chi connectivity index (χ3v) is 4.65. The van der Waals surface area contributed by atoms with E-state index in [-0.39, 0.29) is 18.7 Å². The molecule has 1 aromatic carbocycles. The molecule has 0 aromatic heterocycles. The molecule has 2 atom stereocenters. The average Bonchev–Trinajstić information content (AvgIpc) is 2.65. The number of nitrogens with zero attached hydrogens (tertiary/aromatic N) is 2. The van der Waals surface area contributed by atoms with Gasteiger partial charge in [-0.1, -0.05) is 11.6 Å². The molecule has 0 radical (unpaired) electrons. The number of benzene rings is 1. The van der Waals surface area contributed by atoms with Gasteiger partial charge in [0.25, 0.3) is 11.8 Å². The van der Waals surface area contributed by atoms with Crippen molar-refractivity contribution in [3.05, 3.63) is 23.2 Å². The van der Waals surface area contributed by atoms with Crippen molar-refractivity contribution in [1.29, 1.82) is 5.41 Å². The summed E-state index contributed by atoms with van der Waals surface area (Å²) in [6, 6.07) is 2.12. The van der Waals surface area contributed by atoms with E-state index in [2.05, 4.69) is 15.3 Å². The van der Waals surface area contributed by atoms with Gasteiger partial charge in [0.2, 0.25) is 5.96 Å². The van der Waals surface area contributed by atoms with Gasteiger partial charge in [-0.3, -0.25) is 10.2 Å². The predicted octanol–water partition coefficient (Wildman–Crippen LogP) is 1.49. The molecule has 0 aliphatic heterocycles. The van der Waals surface area contributed by atoms with E-state index in [9.17, 15) is 13.6 Å². The van der Waals surface area contributed by atoms with E-state index in [4.69, 9.17) is 38.9 Å². The molecule has 1 aliphatic carbocycles. The number of halogens is 3. The van der Waals surface area contributed by atoms with Gasteiger partial charge < -0.3 is 27.3 Å². The highest BCUT2D eigenvalue weighted by Gasteiger charge is 2.44. The van der Waals surface area contributed by atoms with Gasteiger partial charge >= 0.3 is 0 Å². The number of amidine groups is 1. The quantitative estimate of drug-likeness (QED) is 0.353. The lowest BCUT2D eigenvalue weighted by atomic mass is 9.88. The summed E-state index contributed by atoms with van der Waals surface area (Å²) < 4.78 is 32.7. The second-order valence-electron chi connectivity index (χ2n) is 6.41. The molecule has 1 aliphatic rings. The zero-order valence-corrected chi connectivity index (χ0v) is 16.3. The van der Waals surface area contributed by atoms with Crippen LogP contribution in [-0.4, -0.2) is 48.5 Å². The second kappa shape index (κ2) is 9.14. The predicted molar refractivity (Wildman–Crippen MR) is 108 cm³/mol. The molecule has 0 bridgehead atoms. The number of methoxy groups -OCH3 is 1. The highest BCUT2D eigenvalue weighted by atomic mass is 35.5. The van der Waals surface area contributed by atoms with Crippen molar-refractivity contribution in [2.24, 2.45) is 27.2 Å². The van der Waals surface area contributed by atoms with Crippen molar-refractivity contribution in [2.45, 2.75) is 37.3 Å². The lowest BCUT2D eigenvalue weighted by molar-refractivity contribution is -0.111. The van der Waals surface area contributed by atoms with Gasteiger partial charge in [-0.2, -0.15) is 4.99 Å². The number of amides is 1. The minimum atomic E-state index is -3.06. The standard InChI is InChI=1S/C17H22ClF2N7O2/c1-29-11-7-8(4-5-9(11)18)25-15(12(21)14(23)28)27-16(24)26-10-3-2-6-17(19,20)13(10)22/h4-5,7,10,13,21H,2-3,6,22H2,1H3,(H2,23,28)(H3,24,25,26,27)/t10-,13-/m1/s1. The van der Waals surface area contributed by atoms with Crippen LogP contribution in [0.3, 0.4) is 0 Å². The van der Waals surface area contributed by atoms with Crippen molar-refractivity contribution >= 4 is 40.7 Å². The van der Waals surface area contributed by atoms with E-state index < -0.39 is 35.6 Å². The Labute approximate surface area is 170 Å². The molecular weight excluding hydrogens is 408 g/mol. The fraction of sp³-hybridized carbons (Fsp3) is 0.412. The molecule has 1 saturated carbocycles. The first-order valence-corrected chi connectivity index (χ1v) is 8.97. The van der Waals surface area contributed by atoms with Gasteiger partial charge in [0.15, 0.2) is 11.5 Å². The van der Waals surface area contributed by atoms with Gasteiger partial charge in [0.05, 0.1) is 24.2 Å². The van der Waals surface area contributed by atoms with Gasteiger partial charge in [0, 0.05) is 18.2 Å². The van der Waals surface area contributed by atoms with Crippen molar-refractivity contribution in [2.75, 3.05) is 12.4 Å². The number of ether oxygens (including phenoxy) is 1. The molecule has 29 heavy (non-hydrogen) atoms. The fourth-order valence-corrected chi connectivity index (χ4v) is 2.96. The van der Waals surface area contributed by atoms with Crippen LogP contribution in [0, 0.1) is 5.41 Å². The van der Waals surface area contributed by atoms with Crippen molar-refractivity contribution in [3.8, 4) is 5.75 Å². The largest absolute Gasteiger partial charge is 0.495 e. The highest BCUT2D eigenvalue weighted by Crippen LogP contribution is 2.33. The van der Waals surface area contributed by atoms with Crippen LogP contribution < -0.4 is 27.3 Å². The number of guanidine groups is 1. The molecule has 2 rings (SSSR count). The summed E-state index contributed by atoms with van der Waals surface area (Å²) >= 11 is 5.96. The average molecular weight is 430 g/mol. The summed E-state index contributed by atoms with van der Waals surface area (Å²) in [6.07, 6.45) is 0.233. The lowest BCUT2D eigenvalue weighted by Crippen LogP contribution is -2.52. The lowest BCUT2D eigenvalue weighted by Gasteiger charge is -2.33. The number of rotatable bonds is 5. The maximum absolute atomic E-state index is 13.8. The molecule has 1 amide bonds. The number of hydrogen-bond acceptors (Lipinski definition) is 5. The summed E-state index contributed by atoms with van der Waals surface area (Å²) in [6.45, 7) is 0. The fourth-order valence-electron chi connectivity index (χ4n) is 2.77. The van der Waals surface area contributed by atoms with Crippen LogP contribution in [-0.2, 0) is 4.79 Å². The third kappa shape index (κ3) is 5.61. The number of nitrogens with one attached hydrogen (secondary N) is 2. The van der Waals surface area contributed by atoms with Crippen LogP contribution in [0.2, 0.25) is 5.02 Å². The monoisotopic (exact) mass is 429 g/mol. The Balaban J connectivity index is 2.32. The van der Waals surface area contributed by atoms with E-state index in [1.165, 1.54) is 19.2 Å². The second-order valence-corrected chi connectivity index (χ2v) is 6.81. The van der Waals surface area contributed by atoms with Crippen LogP contribution in [0.15, 0.2) is 28.2 Å². The maximum Gasteiger partial charge on any atom is 0.270 e. The van der Waals surface area contributed by atoms with E-state index in [0.29, 0.717) is 22.9 Å². The van der Waals surface area contributed by atoms with Crippen molar-refractivity contribution in [3.63, 3.8) is 0 Å². The van der Waals surface area contributed by atoms with E-state index in [1.807, 2.05) is 0 Å². The summed E-state index contributed by atoms with van der Waals surface area (Å²) in [5.41, 5.74) is 16.2. The molecule has 9 nitrogen and oxygen atoms in total. The first-order valence-electron chi connectivity index (χ1n) is 8.59. The molecule has 0 unspecified atom stereocenters.